The van der Waals surface area contributed by atoms with Crippen LogP contribution in [0.2, 0.25) is 0 Å². The van der Waals surface area contributed by atoms with Gasteiger partial charge < -0.3 is 19.9 Å². The van der Waals surface area contributed by atoms with Crippen molar-refractivity contribution in [2.45, 2.75) is 33.3 Å². The van der Waals surface area contributed by atoms with Crippen LogP contribution >= 0.6 is 8.03 Å². The lowest BCUT2D eigenvalue weighted by atomic mass is 9.88. The molecule has 0 aliphatic heterocycles. The molecule has 0 saturated carbocycles. The van der Waals surface area contributed by atoms with Crippen LogP contribution < -0.4 is 9.84 Å². The molecule has 2 atom stereocenters. The predicted octanol–water partition coefficient (Wildman–Crippen LogP) is 1.15. The maximum Gasteiger partial charge on any atom is 0.568 e. The molecule has 0 fully saturated rings. The highest BCUT2D eigenvalue weighted by Crippen LogP contribution is 2.26. The first kappa shape index (κ1) is 30.4. The van der Waals surface area contributed by atoms with Gasteiger partial charge in [0.15, 0.2) is 11.9 Å². The fourth-order valence-electron chi connectivity index (χ4n) is 2.37. The smallest absolute Gasteiger partial charge is 0.460 e. The molecule has 1 unspecified atom stereocenters. The van der Waals surface area contributed by atoms with E-state index >= 15 is 0 Å². The number of para-hydroxylation sites is 1. The summed E-state index contributed by atoms with van der Waals surface area (Å²) >= 11 is 0. The van der Waals surface area contributed by atoms with E-state index in [1.54, 1.807) is 30.3 Å². The number of ether oxygens (including phenoxy) is 2. The van der Waals surface area contributed by atoms with Gasteiger partial charge in [-0.2, -0.15) is 8.42 Å². The molecule has 0 heterocycles. The minimum Gasteiger partial charge on any atom is -0.460 e. The van der Waals surface area contributed by atoms with Gasteiger partial charge in [0, 0.05) is 18.9 Å². The molecule has 0 radical (unpaired) electrons. The molecule has 1 amide bonds. The summed E-state index contributed by atoms with van der Waals surface area (Å²) in [5.41, 5.74) is -1.31. The summed E-state index contributed by atoms with van der Waals surface area (Å²) in [6, 6.07) is 8.28. The summed E-state index contributed by atoms with van der Waals surface area (Å²) in [7, 11) is -6.27. The van der Waals surface area contributed by atoms with Crippen molar-refractivity contribution < 1.29 is 50.7 Å². The number of rotatable bonds is 16. The molecule has 1 aromatic carbocycles. The Labute approximate surface area is 205 Å². The monoisotopic (exact) mass is 536 g/mol. The number of aliphatic hydroxyl groups excluding tert-OH is 1. The second kappa shape index (κ2) is 14.7. The minimum absolute atomic E-state index is 0.137. The molecule has 1 aromatic rings. The predicted molar refractivity (Wildman–Crippen MR) is 124 cm³/mol. The maximum absolute atomic E-state index is 12.1. The van der Waals surface area contributed by atoms with Crippen LogP contribution in [0.5, 0.6) is 5.75 Å². The van der Waals surface area contributed by atoms with E-state index in [1.807, 2.05) is 0 Å². The number of benzene rings is 1. The summed E-state index contributed by atoms with van der Waals surface area (Å²) in [5.74, 6) is -2.17. The fraction of sp³-hybridized carbons (Fsp3) is 0.571. The van der Waals surface area contributed by atoms with E-state index in [9.17, 15) is 32.5 Å². The Morgan fingerprint density at radius 3 is 2.37 bits per heavy atom. The van der Waals surface area contributed by atoms with Crippen LogP contribution in [0.1, 0.15) is 27.2 Å². The van der Waals surface area contributed by atoms with Gasteiger partial charge in [0.25, 0.3) is 16.3 Å². The van der Waals surface area contributed by atoms with Crippen molar-refractivity contribution >= 4 is 36.0 Å². The molecule has 1 rings (SSSR count). The van der Waals surface area contributed by atoms with Gasteiger partial charge in [0.1, 0.15) is 13.2 Å². The largest absolute Gasteiger partial charge is 0.568 e. The van der Waals surface area contributed by atoms with Crippen LogP contribution in [0.4, 0.5) is 0 Å². The van der Waals surface area contributed by atoms with Crippen molar-refractivity contribution in [2.75, 3.05) is 38.3 Å². The number of carbonyl (C=O) groups is 3. The van der Waals surface area contributed by atoms with Crippen LogP contribution in [-0.2, 0) is 42.7 Å². The third-order valence-corrected chi connectivity index (χ3v) is 6.51. The lowest BCUT2D eigenvalue weighted by molar-refractivity contribution is -0.164. The van der Waals surface area contributed by atoms with Crippen molar-refractivity contribution in [3.05, 3.63) is 30.3 Å². The first-order valence-electron chi connectivity index (χ1n) is 10.6. The third kappa shape index (κ3) is 13.2. The summed E-state index contributed by atoms with van der Waals surface area (Å²) in [6.07, 6.45) is -2.08. The van der Waals surface area contributed by atoms with Gasteiger partial charge in [0.05, 0.1) is 12.4 Å². The van der Waals surface area contributed by atoms with Crippen molar-refractivity contribution in [1.82, 2.24) is 5.32 Å². The van der Waals surface area contributed by atoms with Crippen molar-refractivity contribution in [3.63, 3.8) is 0 Å². The highest BCUT2D eigenvalue weighted by molar-refractivity contribution is 7.86. The van der Waals surface area contributed by atoms with Gasteiger partial charge in [0.2, 0.25) is 5.91 Å². The second-order valence-corrected chi connectivity index (χ2v) is 11.0. The summed E-state index contributed by atoms with van der Waals surface area (Å²) < 4.78 is 55.4. The van der Waals surface area contributed by atoms with Gasteiger partial charge >= 0.3 is 20.0 Å². The molecule has 0 spiro atoms. The molecule has 14 heteroatoms. The molecular formula is C21H31NO11PS+. The first-order valence-corrected chi connectivity index (χ1v) is 13.6. The number of esters is 2. The van der Waals surface area contributed by atoms with E-state index < -0.39 is 54.4 Å². The van der Waals surface area contributed by atoms with Crippen LogP contribution in [0.25, 0.3) is 0 Å². The molecule has 0 bridgehead atoms. The molecule has 196 valence electrons. The zero-order chi connectivity index (χ0) is 26.5. The van der Waals surface area contributed by atoms with E-state index in [0.29, 0.717) is 5.75 Å². The molecular weight excluding hydrogens is 505 g/mol. The number of aliphatic hydroxyl groups is 1. The van der Waals surface area contributed by atoms with E-state index in [-0.39, 0.29) is 37.8 Å². The maximum atomic E-state index is 12.1. The normalized spacial score (nSPS) is 12.9. The number of hydrogen-bond donors (Lipinski definition) is 2. The molecule has 0 saturated heterocycles. The third-order valence-electron chi connectivity index (χ3n) is 4.32. The van der Waals surface area contributed by atoms with Crippen LogP contribution in [0.3, 0.4) is 0 Å². The van der Waals surface area contributed by atoms with E-state index in [1.165, 1.54) is 20.8 Å². The molecule has 2 N–H and O–H groups in total. The molecule has 0 aromatic heterocycles. The van der Waals surface area contributed by atoms with Gasteiger partial charge in [-0.3, -0.25) is 13.5 Å². The Kier molecular flexibility index (Phi) is 12.8. The van der Waals surface area contributed by atoms with Gasteiger partial charge in [-0.15, -0.1) is 0 Å². The zero-order valence-corrected chi connectivity index (χ0v) is 21.5. The highest BCUT2D eigenvalue weighted by atomic mass is 32.2. The van der Waals surface area contributed by atoms with Crippen molar-refractivity contribution in [1.29, 1.82) is 0 Å². The SMILES string of the molecule is CC(=O)NCCCS(=O)(=O)OCC(C)(C)[C@@H](O)C(=O)OCCOC(=O)C[P+](=O)Oc1ccccc1. The lowest BCUT2D eigenvalue weighted by Crippen LogP contribution is -2.42. The quantitative estimate of drug-likeness (QED) is 0.134. The summed E-state index contributed by atoms with van der Waals surface area (Å²) in [5, 5.41) is 12.7. The van der Waals surface area contributed by atoms with Crippen LogP contribution in [-0.4, -0.2) is 75.8 Å². The lowest BCUT2D eigenvalue weighted by Gasteiger charge is -2.28. The fourth-order valence-corrected chi connectivity index (χ4v) is 4.19. The van der Waals surface area contributed by atoms with Gasteiger partial charge in [-0.1, -0.05) is 32.0 Å². The van der Waals surface area contributed by atoms with Gasteiger partial charge in [-0.05, 0) is 23.1 Å². The van der Waals surface area contributed by atoms with E-state index in [4.69, 9.17) is 18.2 Å². The highest BCUT2D eigenvalue weighted by Gasteiger charge is 2.36. The first-order chi connectivity index (χ1) is 16.3. The Morgan fingerprint density at radius 1 is 1.11 bits per heavy atom. The number of hydrogen-bond acceptors (Lipinski definition) is 11. The molecule has 12 nitrogen and oxygen atoms in total. The van der Waals surface area contributed by atoms with Crippen LogP contribution in [0.15, 0.2) is 30.3 Å². The molecule has 0 aliphatic rings. The summed E-state index contributed by atoms with van der Waals surface area (Å²) in [6.45, 7) is 3.08. The second-order valence-electron chi connectivity index (χ2n) is 8.03. The average molecular weight is 537 g/mol. The van der Waals surface area contributed by atoms with Gasteiger partial charge in [-0.25, -0.2) is 9.59 Å². The Morgan fingerprint density at radius 2 is 1.74 bits per heavy atom. The Bertz CT molecular complexity index is 967. The van der Waals surface area contributed by atoms with Crippen molar-refractivity contribution in [3.8, 4) is 5.75 Å². The van der Waals surface area contributed by atoms with E-state index in [0.717, 1.165) is 0 Å². The number of carbonyl (C=O) groups excluding carboxylic acids is 3. The topological polar surface area (TPSA) is 172 Å². The summed E-state index contributed by atoms with van der Waals surface area (Å²) in [4.78, 5) is 34.6. The number of amides is 1. The Balaban J connectivity index is 2.32. The van der Waals surface area contributed by atoms with Crippen molar-refractivity contribution in [2.24, 2.45) is 5.41 Å². The standard InChI is InChI=1S/C21H30NO11PS/c1-16(23)22-10-7-13-35(28,29)32-15-21(2,3)19(25)20(26)31-12-11-30-18(24)14-34(27)33-17-8-5-4-6-9-17/h4-6,8-9,19,25H,7,10-15H2,1-3H3/p+1/t19-/m0/s1. The average Bonchev–Trinajstić information content (AvgIpc) is 2.78. The molecule has 35 heavy (non-hydrogen) atoms. The Hall–Kier alpha value is -2.60. The zero-order valence-electron chi connectivity index (χ0n) is 19.8. The number of nitrogens with one attached hydrogen (secondary N) is 1. The molecule has 0 aliphatic carbocycles. The van der Waals surface area contributed by atoms with E-state index in [2.05, 4.69) is 5.32 Å². The van der Waals surface area contributed by atoms with Crippen LogP contribution in [0, 0.1) is 5.41 Å². The minimum atomic E-state index is -3.94.